The van der Waals surface area contributed by atoms with Gasteiger partial charge in [-0.05, 0) is 41.1 Å². The molecule has 2 aromatic carbocycles. The first kappa shape index (κ1) is 23.6. The molecule has 0 aliphatic heterocycles. The van der Waals surface area contributed by atoms with Gasteiger partial charge in [0.25, 0.3) is 11.8 Å². The van der Waals surface area contributed by atoms with E-state index in [-0.39, 0.29) is 35.1 Å². The molecule has 1 heterocycles. The molecular weight excluding hydrogens is 448 g/mol. The summed E-state index contributed by atoms with van der Waals surface area (Å²) in [7, 11) is 1.43. The van der Waals surface area contributed by atoms with Gasteiger partial charge in [-0.3, -0.25) is 9.59 Å². The van der Waals surface area contributed by atoms with Crippen molar-refractivity contribution in [3.05, 3.63) is 80.5 Å². The predicted molar refractivity (Wildman–Crippen MR) is 127 cm³/mol. The number of nitrogens with two attached hydrogens (primary N) is 1. The van der Waals surface area contributed by atoms with Crippen LogP contribution in [0.2, 0.25) is 5.02 Å². The lowest BCUT2D eigenvalue weighted by molar-refractivity contribution is -0.119. The van der Waals surface area contributed by atoms with Gasteiger partial charge in [-0.1, -0.05) is 55.3 Å². The molecule has 0 spiro atoms. The summed E-state index contributed by atoms with van der Waals surface area (Å²) < 4.78 is 10.6. The Hall–Kier alpha value is -3.03. The molecule has 8 heteroatoms. The number of methoxy groups -OCH3 is 1. The van der Waals surface area contributed by atoms with Crippen LogP contribution in [0.25, 0.3) is 0 Å². The Labute approximate surface area is 196 Å². The number of carbonyl (C=O) groups is 2. The Morgan fingerprint density at radius 1 is 1.19 bits per heavy atom. The van der Waals surface area contributed by atoms with E-state index >= 15 is 0 Å². The fourth-order valence-corrected chi connectivity index (χ4v) is 4.36. The van der Waals surface area contributed by atoms with Crippen molar-refractivity contribution >= 4 is 34.8 Å². The molecule has 168 valence electrons. The lowest BCUT2D eigenvalue weighted by atomic mass is 10.0. The lowest BCUT2D eigenvalue weighted by Gasteiger charge is -2.19. The van der Waals surface area contributed by atoms with Gasteiger partial charge in [0.1, 0.15) is 0 Å². The second-order valence-corrected chi connectivity index (χ2v) is 8.54. The van der Waals surface area contributed by atoms with E-state index in [0.717, 1.165) is 23.3 Å². The van der Waals surface area contributed by atoms with Crippen LogP contribution < -0.4 is 20.5 Å². The molecule has 2 amide bonds. The third kappa shape index (κ3) is 5.81. The number of nitrogens with one attached hydrogen (secondary N) is 1. The third-order valence-corrected chi connectivity index (χ3v) is 6.02. The highest BCUT2D eigenvalue weighted by Crippen LogP contribution is 2.37. The van der Waals surface area contributed by atoms with Gasteiger partial charge in [0.15, 0.2) is 18.1 Å². The first-order chi connectivity index (χ1) is 15.4. The number of carbonyl (C=O) groups excluding carboxylic acids is 2. The maximum Gasteiger partial charge on any atom is 0.255 e. The molecule has 0 aliphatic carbocycles. The summed E-state index contributed by atoms with van der Waals surface area (Å²) in [6, 6.07) is 14.9. The van der Waals surface area contributed by atoms with E-state index in [1.54, 1.807) is 11.3 Å². The van der Waals surface area contributed by atoms with Crippen LogP contribution in [-0.4, -0.2) is 25.5 Å². The molecule has 0 fully saturated rings. The van der Waals surface area contributed by atoms with Crippen molar-refractivity contribution in [2.75, 3.05) is 13.7 Å². The van der Waals surface area contributed by atoms with Gasteiger partial charge in [-0.2, -0.15) is 0 Å². The number of hydrogen-bond acceptors (Lipinski definition) is 5. The highest BCUT2D eigenvalue weighted by molar-refractivity contribution is 7.10. The SMILES string of the molecule is CCCc1ccc(C(NC(=O)c2cc(Cl)c(OCC(N)=O)c(OC)c2)c2cccs2)cc1. The van der Waals surface area contributed by atoms with E-state index in [1.807, 2.05) is 29.6 Å². The zero-order valence-electron chi connectivity index (χ0n) is 17.9. The van der Waals surface area contributed by atoms with Gasteiger partial charge in [0, 0.05) is 10.4 Å². The van der Waals surface area contributed by atoms with E-state index in [4.69, 9.17) is 26.8 Å². The molecule has 0 bridgehead atoms. The topological polar surface area (TPSA) is 90.6 Å². The van der Waals surface area contributed by atoms with Crippen LogP contribution in [0.1, 0.15) is 45.7 Å². The molecule has 0 saturated heterocycles. The Morgan fingerprint density at radius 2 is 1.94 bits per heavy atom. The molecule has 32 heavy (non-hydrogen) atoms. The normalized spacial score (nSPS) is 11.6. The average Bonchev–Trinajstić information content (AvgIpc) is 3.31. The molecular formula is C24H25ClN2O4S. The Kier molecular flexibility index (Phi) is 8.14. The molecule has 6 nitrogen and oxygen atoms in total. The van der Waals surface area contributed by atoms with Gasteiger partial charge in [-0.15, -0.1) is 11.3 Å². The standard InChI is InChI=1S/C24H25ClN2O4S/c1-3-5-15-7-9-16(10-8-15)22(20-6-4-11-32-20)27-24(29)17-12-18(25)23(19(13-17)30-2)31-14-21(26)28/h4,6-13,22H,3,5,14H2,1-2H3,(H2,26,28)(H,27,29). The summed E-state index contributed by atoms with van der Waals surface area (Å²) in [5.41, 5.74) is 7.69. The quantitative estimate of drug-likeness (QED) is 0.445. The fourth-order valence-electron chi connectivity index (χ4n) is 3.29. The molecule has 0 radical (unpaired) electrons. The van der Waals surface area contributed by atoms with Gasteiger partial charge in [0.05, 0.1) is 18.2 Å². The van der Waals surface area contributed by atoms with Crippen molar-refractivity contribution < 1.29 is 19.1 Å². The van der Waals surface area contributed by atoms with Gasteiger partial charge in [-0.25, -0.2) is 0 Å². The smallest absolute Gasteiger partial charge is 0.255 e. The molecule has 1 aromatic heterocycles. The number of ether oxygens (including phenoxy) is 2. The largest absolute Gasteiger partial charge is 0.493 e. The maximum atomic E-state index is 13.2. The highest BCUT2D eigenvalue weighted by atomic mass is 35.5. The third-order valence-electron chi connectivity index (χ3n) is 4.81. The zero-order valence-corrected chi connectivity index (χ0v) is 19.5. The number of hydrogen-bond donors (Lipinski definition) is 2. The van der Waals surface area contributed by atoms with Crippen LogP contribution in [0, 0.1) is 0 Å². The minimum absolute atomic E-state index is 0.146. The van der Waals surface area contributed by atoms with E-state index in [2.05, 4.69) is 24.4 Å². The van der Waals surface area contributed by atoms with Crippen molar-refractivity contribution in [1.29, 1.82) is 0 Å². The number of rotatable bonds is 10. The minimum atomic E-state index is -0.645. The number of primary amides is 1. The Bertz CT molecular complexity index is 1070. The minimum Gasteiger partial charge on any atom is -0.493 e. The van der Waals surface area contributed by atoms with Crippen molar-refractivity contribution in [2.24, 2.45) is 5.73 Å². The van der Waals surface area contributed by atoms with Crippen LogP contribution in [0.3, 0.4) is 0 Å². The second kappa shape index (κ2) is 11.0. The zero-order chi connectivity index (χ0) is 23.1. The molecule has 3 aromatic rings. The Balaban J connectivity index is 1.88. The average molecular weight is 473 g/mol. The van der Waals surface area contributed by atoms with Crippen LogP contribution in [0.5, 0.6) is 11.5 Å². The van der Waals surface area contributed by atoms with Crippen LogP contribution >= 0.6 is 22.9 Å². The predicted octanol–water partition coefficient (Wildman–Crippen LogP) is 4.75. The highest BCUT2D eigenvalue weighted by Gasteiger charge is 2.22. The lowest BCUT2D eigenvalue weighted by Crippen LogP contribution is -2.29. The van der Waals surface area contributed by atoms with Crippen LogP contribution in [-0.2, 0) is 11.2 Å². The van der Waals surface area contributed by atoms with Gasteiger partial charge < -0.3 is 20.5 Å². The van der Waals surface area contributed by atoms with Crippen molar-refractivity contribution in [3.63, 3.8) is 0 Å². The number of aryl methyl sites for hydroxylation is 1. The second-order valence-electron chi connectivity index (χ2n) is 7.16. The fraction of sp³-hybridized carbons (Fsp3) is 0.250. The molecule has 1 unspecified atom stereocenters. The first-order valence-corrected chi connectivity index (χ1v) is 11.4. The monoisotopic (exact) mass is 472 g/mol. The van der Waals surface area contributed by atoms with Crippen LogP contribution in [0.15, 0.2) is 53.9 Å². The summed E-state index contributed by atoms with van der Waals surface area (Å²) in [6.07, 6.45) is 2.09. The molecule has 0 saturated carbocycles. The molecule has 1 atom stereocenters. The van der Waals surface area contributed by atoms with Crippen molar-refractivity contribution in [2.45, 2.75) is 25.8 Å². The molecule has 3 rings (SSSR count). The van der Waals surface area contributed by atoms with Gasteiger partial charge in [0.2, 0.25) is 0 Å². The summed E-state index contributed by atoms with van der Waals surface area (Å²) in [5.74, 6) is -0.567. The van der Waals surface area contributed by atoms with Crippen LogP contribution in [0.4, 0.5) is 0 Å². The van der Waals surface area contributed by atoms with E-state index in [9.17, 15) is 9.59 Å². The maximum absolute atomic E-state index is 13.2. The molecule has 0 aliphatic rings. The van der Waals surface area contributed by atoms with E-state index < -0.39 is 5.91 Å². The van der Waals surface area contributed by atoms with E-state index in [1.165, 1.54) is 24.8 Å². The van der Waals surface area contributed by atoms with Crippen molar-refractivity contribution in [3.8, 4) is 11.5 Å². The van der Waals surface area contributed by atoms with Crippen molar-refractivity contribution in [1.82, 2.24) is 5.32 Å². The molecule has 3 N–H and O–H groups in total. The Morgan fingerprint density at radius 3 is 2.53 bits per heavy atom. The van der Waals surface area contributed by atoms with Gasteiger partial charge >= 0.3 is 0 Å². The summed E-state index contributed by atoms with van der Waals surface area (Å²) in [5, 5.41) is 5.22. The number of thiophene rings is 1. The summed E-state index contributed by atoms with van der Waals surface area (Å²) in [4.78, 5) is 25.2. The van der Waals surface area contributed by atoms with E-state index in [0.29, 0.717) is 5.56 Å². The summed E-state index contributed by atoms with van der Waals surface area (Å²) >= 11 is 7.88. The number of amides is 2. The number of halogens is 1. The number of benzene rings is 2. The first-order valence-electron chi connectivity index (χ1n) is 10.1. The summed E-state index contributed by atoms with van der Waals surface area (Å²) in [6.45, 7) is 1.79.